The van der Waals surface area contributed by atoms with Gasteiger partial charge in [0.1, 0.15) is 6.04 Å². The number of carbonyl (C=O) groups excluding carboxylic acids is 1. The summed E-state index contributed by atoms with van der Waals surface area (Å²) in [5.41, 5.74) is -0.672. The molecule has 26 heavy (non-hydrogen) atoms. The van der Waals surface area contributed by atoms with Crippen molar-refractivity contribution in [2.24, 2.45) is 5.92 Å². The molecule has 3 rings (SSSR count). The van der Waals surface area contributed by atoms with E-state index in [-0.39, 0.29) is 28.1 Å². The molecule has 1 aliphatic carbocycles. The van der Waals surface area contributed by atoms with Gasteiger partial charge in [-0.3, -0.25) is 19.8 Å². The summed E-state index contributed by atoms with van der Waals surface area (Å²) in [6.07, 6.45) is -2.08. The molecule has 0 radical (unpaired) electrons. The molecule has 2 aliphatic rings. The molecule has 0 spiro atoms. The third-order valence-corrected chi connectivity index (χ3v) is 4.78. The second kappa shape index (κ2) is 5.82. The molecule has 1 amide bonds. The first-order valence-electron chi connectivity index (χ1n) is 7.63. The molecule has 1 N–H and O–H groups in total. The molecule has 0 unspecified atom stereocenters. The molecule has 0 saturated carbocycles. The molecular weight excluding hydrogens is 357 g/mol. The first-order chi connectivity index (χ1) is 12.1. The van der Waals surface area contributed by atoms with E-state index in [0.717, 1.165) is 6.07 Å². The van der Waals surface area contributed by atoms with Crippen LogP contribution in [0.15, 0.2) is 24.3 Å². The third kappa shape index (κ3) is 2.52. The summed E-state index contributed by atoms with van der Waals surface area (Å²) >= 11 is 0. The van der Waals surface area contributed by atoms with E-state index in [0.29, 0.717) is 0 Å². The van der Waals surface area contributed by atoms with Crippen molar-refractivity contribution >= 4 is 23.3 Å². The van der Waals surface area contributed by atoms with Crippen molar-refractivity contribution in [3.8, 4) is 0 Å². The molecule has 7 nitrogen and oxygen atoms in total. The Balaban J connectivity index is 2.36. The fourth-order valence-electron chi connectivity index (χ4n) is 3.81. The van der Waals surface area contributed by atoms with Gasteiger partial charge in [0.05, 0.1) is 16.2 Å². The van der Waals surface area contributed by atoms with Crippen LogP contribution < -0.4 is 4.90 Å². The number of hydrogen-bond acceptors (Lipinski definition) is 4. The number of nitro groups is 1. The molecule has 3 atom stereocenters. The monoisotopic (exact) mass is 370 g/mol. The predicted molar refractivity (Wildman–Crippen MR) is 82.8 cm³/mol. The van der Waals surface area contributed by atoms with Crippen molar-refractivity contribution in [3.05, 3.63) is 45.5 Å². The first kappa shape index (κ1) is 17.9. The van der Waals surface area contributed by atoms with Crippen LogP contribution in [-0.2, 0) is 9.59 Å². The lowest BCUT2D eigenvalue weighted by Crippen LogP contribution is -2.57. The lowest BCUT2D eigenvalue weighted by Gasteiger charge is -2.42. The van der Waals surface area contributed by atoms with E-state index in [1.807, 2.05) is 0 Å². The Labute approximate surface area is 144 Å². The number of nitro benzene ring substituents is 1. The van der Waals surface area contributed by atoms with E-state index >= 15 is 0 Å². The number of hydrogen-bond donors (Lipinski definition) is 1. The fourth-order valence-corrected chi connectivity index (χ4v) is 3.81. The molecule has 1 aromatic rings. The molecular formula is C16H13F3N2O5. The maximum absolute atomic E-state index is 13.2. The summed E-state index contributed by atoms with van der Waals surface area (Å²) in [6, 6.07) is 0.609. The average Bonchev–Trinajstić information content (AvgIpc) is 3.00. The Hall–Kier alpha value is -2.91. The second-order valence-corrected chi connectivity index (χ2v) is 6.23. The Kier molecular flexibility index (Phi) is 4.01. The summed E-state index contributed by atoms with van der Waals surface area (Å²) in [6.45, 7) is 1.39. The fraction of sp³-hybridized carbons (Fsp3) is 0.375. The Morgan fingerprint density at radius 1 is 1.35 bits per heavy atom. The first-order valence-corrected chi connectivity index (χ1v) is 7.63. The second-order valence-electron chi connectivity index (χ2n) is 6.23. The number of aliphatic carboxylic acids is 1. The number of halogens is 3. The summed E-state index contributed by atoms with van der Waals surface area (Å²) in [7, 11) is 0. The number of amides is 1. The minimum absolute atomic E-state index is 0.0520. The highest BCUT2D eigenvalue weighted by molar-refractivity contribution is 6.05. The summed E-state index contributed by atoms with van der Waals surface area (Å²) in [5.74, 6) is -5.59. The molecule has 0 saturated heterocycles. The Bertz CT molecular complexity index is 849. The highest BCUT2D eigenvalue weighted by Crippen LogP contribution is 2.52. The van der Waals surface area contributed by atoms with Crippen molar-refractivity contribution in [1.82, 2.24) is 0 Å². The van der Waals surface area contributed by atoms with Crippen molar-refractivity contribution in [1.29, 1.82) is 0 Å². The molecule has 1 aromatic carbocycles. The molecule has 1 heterocycles. The number of carbonyl (C=O) groups is 2. The zero-order chi connectivity index (χ0) is 19.4. The van der Waals surface area contributed by atoms with Crippen LogP contribution in [0.5, 0.6) is 0 Å². The smallest absolute Gasteiger partial charge is 0.471 e. The molecule has 1 aliphatic heterocycles. The number of alkyl halides is 3. The summed E-state index contributed by atoms with van der Waals surface area (Å²) in [4.78, 5) is 34.7. The summed E-state index contributed by atoms with van der Waals surface area (Å²) < 4.78 is 39.5. The zero-order valence-electron chi connectivity index (χ0n) is 13.4. The Morgan fingerprint density at radius 2 is 2.00 bits per heavy atom. The molecule has 138 valence electrons. The SMILES string of the molecule is Cc1ccc([N+](=O)[O-])c2c1N(C(=O)C(F)(F)F)[C@@H](C(=O)O)[C@H]1CC=C[C@@H]21. The number of carboxylic acid groups (broad SMARTS) is 1. The van der Waals surface area contributed by atoms with E-state index in [2.05, 4.69) is 0 Å². The molecule has 0 aromatic heterocycles. The number of anilines is 1. The van der Waals surface area contributed by atoms with Gasteiger partial charge in [-0.05, 0) is 18.9 Å². The van der Waals surface area contributed by atoms with Gasteiger partial charge in [-0.25, -0.2) is 4.79 Å². The minimum Gasteiger partial charge on any atom is -0.480 e. The van der Waals surface area contributed by atoms with Gasteiger partial charge in [-0.1, -0.05) is 18.2 Å². The number of nitrogens with zero attached hydrogens (tertiary/aromatic N) is 2. The quantitative estimate of drug-likeness (QED) is 0.490. The maximum Gasteiger partial charge on any atom is 0.471 e. The van der Waals surface area contributed by atoms with Gasteiger partial charge in [-0.15, -0.1) is 0 Å². The van der Waals surface area contributed by atoms with Gasteiger partial charge < -0.3 is 5.11 Å². The third-order valence-electron chi connectivity index (χ3n) is 4.78. The van der Waals surface area contributed by atoms with E-state index in [1.54, 1.807) is 12.2 Å². The van der Waals surface area contributed by atoms with Crippen molar-refractivity contribution < 1.29 is 32.8 Å². The number of fused-ring (bicyclic) bond motifs is 3. The van der Waals surface area contributed by atoms with Gasteiger partial charge in [-0.2, -0.15) is 13.2 Å². The number of allylic oxidation sites excluding steroid dienone is 2. The van der Waals surface area contributed by atoms with Crippen LogP contribution in [0.2, 0.25) is 0 Å². The van der Waals surface area contributed by atoms with Crippen molar-refractivity contribution in [2.45, 2.75) is 31.5 Å². The topological polar surface area (TPSA) is 101 Å². The maximum atomic E-state index is 13.2. The lowest BCUT2D eigenvalue weighted by atomic mass is 9.76. The van der Waals surface area contributed by atoms with Crippen LogP contribution in [0.3, 0.4) is 0 Å². The number of carboxylic acids is 1. The van der Waals surface area contributed by atoms with Crippen LogP contribution in [0.25, 0.3) is 0 Å². The van der Waals surface area contributed by atoms with Crippen LogP contribution in [0.4, 0.5) is 24.5 Å². The number of benzene rings is 1. The van der Waals surface area contributed by atoms with E-state index < -0.39 is 46.5 Å². The van der Waals surface area contributed by atoms with Crippen LogP contribution in [0, 0.1) is 23.0 Å². The van der Waals surface area contributed by atoms with Gasteiger partial charge in [0.25, 0.3) is 5.69 Å². The van der Waals surface area contributed by atoms with Crippen molar-refractivity contribution in [3.63, 3.8) is 0 Å². The van der Waals surface area contributed by atoms with E-state index in [1.165, 1.54) is 13.0 Å². The van der Waals surface area contributed by atoms with Crippen LogP contribution in [0.1, 0.15) is 23.5 Å². The molecule has 0 bridgehead atoms. The van der Waals surface area contributed by atoms with E-state index in [9.17, 15) is 38.0 Å². The van der Waals surface area contributed by atoms with Crippen LogP contribution in [-0.4, -0.2) is 34.1 Å². The van der Waals surface area contributed by atoms with Gasteiger partial charge >= 0.3 is 18.1 Å². The Morgan fingerprint density at radius 3 is 2.54 bits per heavy atom. The minimum atomic E-state index is -5.32. The van der Waals surface area contributed by atoms with Crippen LogP contribution >= 0.6 is 0 Å². The standard InChI is InChI=1S/C16H13F3N2O5/c1-7-5-6-10(21(25)26)11-8-3-2-4-9(8)13(14(22)23)20(12(7)11)15(24)16(17,18)19/h2-3,5-6,8-9,13H,4H2,1H3,(H,22,23)/t8-,9+,13-/m1/s1. The van der Waals surface area contributed by atoms with Gasteiger partial charge in [0.15, 0.2) is 0 Å². The molecule has 10 heteroatoms. The average molecular weight is 370 g/mol. The number of rotatable bonds is 2. The van der Waals surface area contributed by atoms with Gasteiger partial charge in [0, 0.05) is 17.9 Å². The largest absolute Gasteiger partial charge is 0.480 e. The predicted octanol–water partition coefficient (Wildman–Crippen LogP) is 2.93. The highest BCUT2D eigenvalue weighted by Gasteiger charge is 2.55. The lowest BCUT2D eigenvalue weighted by molar-refractivity contribution is -0.385. The van der Waals surface area contributed by atoms with E-state index in [4.69, 9.17) is 0 Å². The zero-order valence-corrected chi connectivity index (χ0v) is 13.4. The number of aryl methyl sites for hydroxylation is 1. The van der Waals surface area contributed by atoms with Crippen molar-refractivity contribution in [2.75, 3.05) is 4.90 Å². The summed E-state index contributed by atoms with van der Waals surface area (Å²) in [5, 5.41) is 20.9. The normalized spacial score (nSPS) is 24.2. The molecule has 0 fully saturated rings. The van der Waals surface area contributed by atoms with Gasteiger partial charge in [0.2, 0.25) is 0 Å². The highest BCUT2D eigenvalue weighted by atomic mass is 19.4.